The summed E-state index contributed by atoms with van der Waals surface area (Å²) < 4.78 is 7.51. The molecule has 1 aliphatic carbocycles. The van der Waals surface area contributed by atoms with Crippen LogP contribution in [0.3, 0.4) is 0 Å². The van der Waals surface area contributed by atoms with Crippen LogP contribution in [0.5, 0.6) is 5.75 Å². The van der Waals surface area contributed by atoms with Gasteiger partial charge in [-0.25, -0.2) is 4.98 Å². The van der Waals surface area contributed by atoms with Gasteiger partial charge in [-0.2, -0.15) is 0 Å². The Hall–Kier alpha value is -2.30. The van der Waals surface area contributed by atoms with Gasteiger partial charge in [0.1, 0.15) is 11.6 Å². The summed E-state index contributed by atoms with van der Waals surface area (Å²) in [6.45, 7) is 2.38. The van der Waals surface area contributed by atoms with Gasteiger partial charge < -0.3 is 14.2 Å². The second-order valence-corrected chi connectivity index (χ2v) is 7.00. The Balaban J connectivity index is 1.52. The number of carbonyl (C=O) groups is 1. The Kier molecular flexibility index (Phi) is 4.47. The first kappa shape index (κ1) is 16.2. The van der Waals surface area contributed by atoms with Crippen LogP contribution in [0.1, 0.15) is 31.5 Å². The van der Waals surface area contributed by atoms with Crippen LogP contribution in [-0.2, 0) is 17.8 Å². The number of aromatic nitrogens is 2. The van der Waals surface area contributed by atoms with Gasteiger partial charge in [-0.05, 0) is 37.1 Å². The van der Waals surface area contributed by atoms with Crippen LogP contribution in [0.4, 0.5) is 0 Å². The lowest BCUT2D eigenvalue weighted by molar-refractivity contribution is -0.135. The summed E-state index contributed by atoms with van der Waals surface area (Å²) in [5, 5.41) is 0. The number of rotatable bonds is 3. The maximum absolute atomic E-state index is 12.7. The third-order valence-electron chi connectivity index (χ3n) is 5.54. The molecule has 0 atom stereocenters. The van der Waals surface area contributed by atoms with E-state index in [1.54, 1.807) is 7.11 Å². The first-order chi connectivity index (χ1) is 12.3. The van der Waals surface area contributed by atoms with E-state index in [0.717, 1.165) is 61.7 Å². The molecule has 1 aromatic carbocycles. The number of methoxy groups -OCH3 is 1. The van der Waals surface area contributed by atoms with E-state index in [0.29, 0.717) is 5.91 Å². The highest BCUT2D eigenvalue weighted by molar-refractivity contribution is 5.79. The van der Waals surface area contributed by atoms with E-state index in [1.165, 1.54) is 12.8 Å². The van der Waals surface area contributed by atoms with Crippen molar-refractivity contribution in [3.05, 3.63) is 36.3 Å². The number of hydrogen-bond donors (Lipinski definition) is 0. The zero-order chi connectivity index (χ0) is 17.2. The molecule has 1 aromatic heterocycles. The number of imidazole rings is 1. The minimum Gasteiger partial charge on any atom is -0.497 e. The predicted octanol–water partition coefficient (Wildman–Crippen LogP) is 3.13. The van der Waals surface area contributed by atoms with Gasteiger partial charge >= 0.3 is 0 Å². The molecule has 2 aliphatic rings. The zero-order valence-corrected chi connectivity index (χ0v) is 14.8. The normalized spacial score (nSPS) is 18.0. The summed E-state index contributed by atoms with van der Waals surface area (Å²) in [5.74, 6) is 2.54. The minimum absolute atomic E-state index is 0.256. The molecule has 0 N–H and O–H groups in total. The van der Waals surface area contributed by atoms with Gasteiger partial charge in [-0.3, -0.25) is 4.79 Å². The monoisotopic (exact) mass is 339 g/mol. The molecule has 0 spiro atoms. The summed E-state index contributed by atoms with van der Waals surface area (Å²) >= 11 is 0. The fraction of sp³-hybridized carbons (Fsp3) is 0.500. The van der Waals surface area contributed by atoms with Crippen molar-refractivity contribution in [2.75, 3.05) is 20.2 Å². The average molecular weight is 339 g/mol. The number of benzene rings is 1. The Morgan fingerprint density at radius 3 is 2.60 bits per heavy atom. The zero-order valence-electron chi connectivity index (χ0n) is 14.8. The van der Waals surface area contributed by atoms with Crippen LogP contribution in [0.15, 0.2) is 30.5 Å². The second-order valence-electron chi connectivity index (χ2n) is 7.00. The first-order valence-corrected chi connectivity index (χ1v) is 9.24. The lowest BCUT2D eigenvalue weighted by atomic mass is 10.1. The molecule has 0 radical (unpaired) electrons. The van der Waals surface area contributed by atoms with Gasteiger partial charge in [0.05, 0.1) is 19.0 Å². The highest BCUT2D eigenvalue weighted by Crippen LogP contribution is 2.28. The third-order valence-corrected chi connectivity index (χ3v) is 5.54. The predicted molar refractivity (Wildman–Crippen MR) is 96.5 cm³/mol. The van der Waals surface area contributed by atoms with Gasteiger partial charge in [0.2, 0.25) is 5.91 Å². The second kappa shape index (κ2) is 6.90. The van der Waals surface area contributed by atoms with Crippen molar-refractivity contribution >= 4 is 5.91 Å². The van der Waals surface area contributed by atoms with Crippen molar-refractivity contribution in [3.63, 3.8) is 0 Å². The first-order valence-electron chi connectivity index (χ1n) is 9.24. The quantitative estimate of drug-likeness (QED) is 0.863. The van der Waals surface area contributed by atoms with E-state index < -0.39 is 0 Å². The molecule has 1 fully saturated rings. The molecule has 2 heterocycles. The molecule has 0 unspecified atom stereocenters. The van der Waals surface area contributed by atoms with Crippen LogP contribution in [0.2, 0.25) is 0 Å². The Morgan fingerprint density at radius 1 is 1.12 bits per heavy atom. The molecule has 132 valence electrons. The number of nitrogens with zero attached hydrogens (tertiary/aromatic N) is 3. The Morgan fingerprint density at radius 2 is 1.88 bits per heavy atom. The standard InChI is InChI=1S/C20H25N3O2/c1-25-17-8-6-15(7-9-17)18-14-21-19-10-11-22(12-13-23(18)19)20(24)16-4-2-3-5-16/h6-9,14,16H,2-5,10-13H2,1H3. The van der Waals surface area contributed by atoms with Crippen molar-refractivity contribution < 1.29 is 9.53 Å². The lowest BCUT2D eigenvalue weighted by Crippen LogP contribution is -2.37. The fourth-order valence-corrected chi connectivity index (χ4v) is 4.07. The van der Waals surface area contributed by atoms with Gasteiger partial charge in [-0.1, -0.05) is 12.8 Å². The third kappa shape index (κ3) is 3.15. The van der Waals surface area contributed by atoms with E-state index in [9.17, 15) is 4.79 Å². The van der Waals surface area contributed by atoms with Crippen molar-refractivity contribution in [1.29, 1.82) is 0 Å². The fourth-order valence-electron chi connectivity index (χ4n) is 4.07. The largest absolute Gasteiger partial charge is 0.497 e. The number of amides is 1. The van der Waals surface area contributed by atoms with Crippen LogP contribution >= 0.6 is 0 Å². The summed E-state index contributed by atoms with van der Waals surface area (Å²) in [5.41, 5.74) is 2.25. The number of hydrogen-bond acceptors (Lipinski definition) is 3. The summed E-state index contributed by atoms with van der Waals surface area (Å²) in [4.78, 5) is 19.4. The van der Waals surface area contributed by atoms with Gasteiger partial charge in [0, 0.05) is 37.5 Å². The highest BCUT2D eigenvalue weighted by atomic mass is 16.5. The molecular weight excluding hydrogens is 314 g/mol. The van der Waals surface area contributed by atoms with Crippen molar-refractivity contribution in [1.82, 2.24) is 14.5 Å². The van der Waals surface area contributed by atoms with Crippen LogP contribution in [0.25, 0.3) is 11.3 Å². The molecule has 1 aliphatic heterocycles. The van der Waals surface area contributed by atoms with Crippen molar-refractivity contribution in [2.45, 2.75) is 38.6 Å². The number of ether oxygens (including phenoxy) is 1. The van der Waals surface area contributed by atoms with Crippen molar-refractivity contribution in [2.24, 2.45) is 5.92 Å². The lowest BCUT2D eigenvalue weighted by Gasteiger charge is -2.23. The van der Waals surface area contributed by atoms with E-state index in [2.05, 4.69) is 26.6 Å². The molecule has 4 rings (SSSR count). The van der Waals surface area contributed by atoms with E-state index in [4.69, 9.17) is 4.74 Å². The molecular formula is C20H25N3O2. The topological polar surface area (TPSA) is 47.4 Å². The van der Waals surface area contributed by atoms with Gasteiger partial charge in [0.15, 0.2) is 0 Å². The molecule has 1 amide bonds. The molecule has 25 heavy (non-hydrogen) atoms. The molecule has 5 heteroatoms. The van der Waals surface area contributed by atoms with Gasteiger partial charge in [0.25, 0.3) is 0 Å². The highest BCUT2D eigenvalue weighted by Gasteiger charge is 2.29. The molecule has 5 nitrogen and oxygen atoms in total. The number of fused-ring (bicyclic) bond motifs is 1. The SMILES string of the molecule is COc1ccc(-c2cnc3n2CCN(C(=O)C2CCCC2)CC3)cc1. The summed E-state index contributed by atoms with van der Waals surface area (Å²) in [7, 11) is 1.68. The maximum atomic E-state index is 12.7. The van der Waals surface area contributed by atoms with E-state index in [1.807, 2.05) is 18.3 Å². The van der Waals surface area contributed by atoms with Crippen molar-refractivity contribution in [3.8, 4) is 17.0 Å². The minimum atomic E-state index is 0.256. The molecule has 0 bridgehead atoms. The van der Waals surface area contributed by atoms with E-state index >= 15 is 0 Å². The maximum Gasteiger partial charge on any atom is 0.225 e. The number of carbonyl (C=O) groups excluding carboxylic acids is 1. The summed E-state index contributed by atoms with van der Waals surface area (Å²) in [6.07, 6.45) is 7.31. The average Bonchev–Trinajstić information content (AvgIpc) is 3.28. The smallest absolute Gasteiger partial charge is 0.225 e. The van der Waals surface area contributed by atoms with Crippen LogP contribution < -0.4 is 4.74 Å². The molecule has 2 aromatic rings. The summed E-state index contributed by atoms with van der Waals surface area (Å²) in [6, 6.07) is 8.08. The molecule has 0 saturated heterocycles. The van der Waals surface area contributed by atoms with E-state index in [-0.39, 0.29) is 5.92 Å². The van der Waals surface area contributed by atoms with Gasteiger partial charge in [-0.15, -0.1) is 0 Å². The van der Waals surface area contributed by atoms with Crippen LogP contribution in [0, 0.1) is 5.92 Å². The van der Waals surface area contributed by atoms with Crippen LogP contribution in [-0.4, -0.2) is 40.6 Å². The molecule has 1 saturated carbocycles. The Labute approximate surface area is 148 Å². The Bertz CT molecular complexity index is 745.